The summed E-state index contributed by atoms with van der Waals surface area (Å²) in [6.45, 7) is 5.74. The Balaban J connectivity index is 1.42. The quantitative estimate of drug-likeness (QED) is 0.267. The first-order chi connectivity index (χ1) is 20.2. The lowest BCUT2D eigenvalue weighted by molar-refractivity contribution is -0.139. The molecule has 0 aliphatic carbocycles. The number of carbonyl (C=O) groups is 4. The summed E-state index contributed by atoms with van der Waals surface area (Å²) in [4.78, 5) is 59.8. The molecule has 0 spiro atoms. The molecule has 0 saturated carbocycles. The fourth-order valence-electron chi connectivity index (χ4n) is 6.18. The van der Waals surface area contributed by atoms with E-state index in [4.69, 9.17) is 0 Å². The van der Waals surface area contributed by atoms with E-state index in [1.165, 1.54) is 6.07 Å². The highest BCUT2D eigenvalue weighted by Crippen LogP contribution is 2.45. The molecule has 3 N–H and O–H groups in total. The van der Waals surface area contributed by atoms with Crippen LogP contribution in [0.15, 0.2) is 72.8 Å². The van der Waals surface area contributed by atoms with Crippen molar-refractivity contribution < 1.29 is 24.3 Å². The summed E-state index contributed by atoms with van der Waals surface area (Å²) in [5.74, 6) is -2.19. The molecule has 42 heavy (non-hydrogen) atoms. The Kier molecular flexibility index (Phi) is 6.80. The number of aliphatic carboxylic acids is 1. The first-order valence-corrected chi connectivity index (χ1v) is 14.1. The molecule has 3 atom stereocenters. The molecule has 1 aromatic heterocycles. The number of H-pyrrole nitrogens is 1. The van der Waals surface area contributed by atoms with Crippen LogP contribution < -0.4 is 10.2 Å². The summed E-state index contributed by atoms with van der Waals surface area (Å²) in [5.41, 5.74) is 4.92. The highest BCUT2D eigenvalue weighted by molar-refractivity contribution is 6.24. The third-order valence-electron chi connectivity index (χ3n) is 8.14. The molecular formula is C33H32N4O5. The van der Waals surface area contributed by atoms with Crippen LogP contribution in [0.5, 0.6) is 0 Å². The summed E-state index contributed by atoms with van der Waals surface area (Å²) in [6.07, 6.45) is 0.567. The molecule has 2 aliphatic heterocycles. The minimum Gasteiger partial charge on any atom is -0.480 e. The Labute approximate surface area is 243 Å². The number of fused-ring (bicyclic) bond motifs is 4. The van der Waals surface area contributed by atoms with Gasteiger partial charge in [-0.15, -0.1) is 0 Å². The van der Waals surface area contributed by atoms with Crippen LogP contribution in [-0.4, -0.2) is 50.9 Å². The normalized spacial score (nSPS) is 18.8. The number of para-hydroxylation sites is 2. The molecule has 9 nitrogen and oxygen atoms in total. The first kappa shape index (κ1) is 27.3. The van der Waals surface area contributed by atoms with Crippen LogP contribution in [0, 0.1) is 12.8 Å². The Hall–Kier alpha value is -4.92. The van der Waals surface area contributed by atoms with E-state index in [0.717, 1.165) is 38.2 Å². The largest absolute Gasteiger partial charge is 0.480 e. The van der Waals surface area contributed by atoms with Crippen molar-refractivity contribution >= 4 is 40.4 Å². The molecule has 1 fully saturated rings. The Morgan fingerprint density at radius 1 is 1.00 bits per heavy atom. The van der Waals surface area contributed by atoms with Crippen molar-refractivity contribution in [1.29, 1.82) is 0 Å². The maximum atomic E-state index is 14.3. The summed E-state index contributed by atoms with van der Waals surface area (Å²) >= 11 is 0. The van der Waals surface area contributed by atoms with Crippen LogP contribution in [-0.2, 0) is 16.0 Å². The number of hydrogen-bond donors (Lipinski definition) is 3. The fraction of sp³-hybridized carbons (Fsp3) is 0.273. The number of carboxylic acid groups (broad SMARTS) is 1. The van der Waals surface area contributed by atoms with E-state index in [2.05, 4.69) is 10.3 Å². The number of rotatable bonds is 7. The number of nitrogens with one attached hydrogen (secondary N) is 2. The van der Waals surface area contributed by atoms with E-state index in [9.17, 15) is 24.3 Å². The zero-order valence-electron chi connectivity index (χ0n) is 23.6. The molecule has 1 saturated heterocycles. The van der Waals surface area contributed by atoms with Crippen LogP contribution in [0.3, 0.4) is 0 Å². The zero-order chi connectivity index (χ0) is 29.7. The SMILES string of the molecule is Cc1ccc(C2c3[nH]c4ccccc4c3CC3C(=O)N(c4ccccc4C(=O)NC(CC(C)C)C(=O)O)C(=O)N32)cc1. The van der Waals surface area contributed by atoms with Gasteiger partial charge in [0.15, 0.2) is 0 Å². The van der Waals surface area contributed by atoms with Gasteiger partial charge < -0.3 is 15.4 Å². The Morgan fingerprint density at radius 3 is 2.40 bits per heavy atom. The van der Waals surface area contributed by atoms with E-state index in [1.807, 2.05) is 69.3 Å². The zero-order valence-corrected chi connectivity index (χ0v) is 23.6. The summed E-state index contributed by atoms with van der Waals surface area (Å²) in [5, 5.41) is 13.3. The lowest BCUT2D eigenvalue weighted by atomic mass is 9.88. The van der Waals surface area contributed by atoms with Crippen LogP contribution >= 0.6 is 0 Å². The number of imide groups is 1. The van der Waals surface area contributed by atoms with Crippen molar-refractivity contribution in [2.45, 2.75) is 51.7 Å². The summed E-state index contributed by atoms with van der Waals surface area (Å²) in [6, 6.07) is 19.2. The van der Waals surface area contributed by atoms with Gasteiger partial charge >= 0.3 is 12.0 Å². The van der Waals surface area contributed by atoms with Crippen molar-refractivity contribution in [2.75, 3.05) is 4.90 Å². The lowest BCUT2D eigenvalue weighted by Gasteiger charge is -2.36. The number of benzene rings is 3. The number of carboxylic acids is 1. The van der Waals surface area contributed by atoms with Gasteiger partial charge in [-0.3, -0.25) is 14.5 Å². The van der Waals surface area contributed by atoms with Crippen molar-refractivity contribution in [1.82, 2.24) is 15.2 Å². The molecule has 6 rings (SSSR count). The minimum atomic E-state index is -1.14. The second-order valence-electron chi connectivity index (χ2n) is 11.5. The number of anilines is 1. The molecule has 4 aromatic rings. The first-order valence-electron chi connectivity index (χ1n) is 14.1. The van der Waals surface area contributed by atoms with Crippen LogP contribution in [0.2, 0.25) is 0 Å². The summed E-state index contributed by atoms with van der Waals surface area (Å²) in [7, 11) is 0. The van der Waals surface area contributed by atoms with Crippen molar-refractivity contribution in [3.63, 3.8) is 0 Å². The van der Waals surface area contributed by atoms with Crippen molar-refractivity contribution in [2.24, 2.45) is 5.92 Å². The van der Waals surface area contributed by atoms with Gasteiger partial charge in [-0.05, 0) is 48.6 Å². The summed E-state index contributed by atoms with van der Waals surface area (Å²) < 4.78 is 0. The third kappa shape index (κ3) is 4.51. The van der Waals surface area contributed by atoms with E-state index in [1.54, 1.807) is 23.1 Å². The van der Waals surface area contributed by atoms with Gasteiger partial charge in [0.2, 0.25) is 0 Å². The molecular weight excluding hydrogens is 532 g/mol. The fourth-order valence-corrected chi connectivity index (χ4v) is 6.18. The average molecular weight is 565 g/mol. The number of nitrogens with zero attached hydrogens (tertiary/aromatic N) is 2. The second-order valence-corrected chi connectivity index (χ2v) is 11.5. The number of aromatic nitrogens is 1. The van der Waals surface area contributed by atoms with Gasteiger partial charge in [0, 0.05) is 23.0 Å². The number of amides is 4. The number of hydrogen-bond acceptors (Lipinski definition) is 4. The molecule has 214 valence electrons. The smallest absolute Gasteiger partial charge is 0.332 e. The monoisotopic (exact) mass is 564 g/mol. The highest BCUT2D eigenvalue weighted by Gasteiger charge is 2.53. The molecule has 3 heterocycles. The maximum absolute atomic E-state index is 14.3. The maximum Gasteiger partial charge on any atom is 0.332 e. The number of aryl methyl sites for hydroxylation is 1. The molecule has 0 radical (unpaired) electrons. The molecule has 9 heteroatoms. The van der Waals surface area contributed by atoms with Gasteiger partial charge in [0.1, 0.15) is 18.1 Å². The average Bonchev–Trinajstić information content (AvgIpc) is 3.46. The van der Waals surface area contributed by atoms with Gasteiger partial charge in [-0.25, -0.2) is 14.5 Å². The van der Waals surface area contributed by atoms with E-state index >= 15 is 0 Å². The molecule has 3 aromatic carbocycles. The van der Waals surface area contributed by atoms with Crippen LogP contribution in [0.4, 0.5) is 10.5 Å². The molecule has 4 amide bonds. The highest BCUT2D eigenvalue weighted by atomic mass is 16.4. The number of carbonyl (C=O) groups excluding carboxylic acids is 3. The van der Waals surface area contributed by atoms with E-state index < -0.39 is 41.9 Å². The van der Waals surface area contributed by atoms with Crippen LogP contribution in [0.1, 0.15) is 59.1 Å². The second kappa shape index (κ2) is 10.5. The predicted molar refractivity (Wildman–Crippen MR) is 158 cm³/mol. The van der Waals surface area contributed by atoms with Gasteiger partial charge in [-0.1, -0.05) is 74.0 Å². The minimum absolute atomic E-state index is 0.0335. The lowest BCUT2D eigenvalue weighted by Crippen LogP contribution is -2.44. The number of aromatic amines is 1. The van der Waals surface area contributed by atoms with Crippen molar-refractivity contribution in [3.8, 4) is 0 Å². The Morgan fingerprint density at radius 2 is 1.69 bits per heavy atom. The Bertz CT molecular complexity index is 1720. The van der Waals surface area contributed by atoms with Gasteiger partial charge in [0.25, 0.3) is 11.8 Å². The van der Waals surface area contributed by atoms with Gasteiger partial charge in [-0.2, -0.15) is 0 Å². The topological polar surface area (TPSA) is 123 Å². The standard InChI is InChI=1S/C33H32N4O5/c1-18(2)16-25(32(40)41)35-30(38)22-9-5-7-11-26(22)37-31(39)27-17-23-21-8-4-6-10-24(21)34-28(23)29(36(27)33(37)42)20-14-12-19(3)13-15-20/h4-15,18,25,27,29,34H,16-17H2,1-3H3,(H,35,38)(H,40,41). The predicted octanol–water partition coefficient (Wildman–Crippen LogP) is 5.19. The molecule has 3 unspecified atom stereocenters. The van der Waals surface area contributed by atoms with E-state index in [-0.39, 0.29) is 23.6 Å². The van der Waals surface area contributed by atoms with E-state index in [0.29, 0.717) is 6.42 Å². The third-order valence-corrected chi connectivity index (χ3v) is 8.14. The van der Waals surface area contributed by atoms with Crippen molar-refractivity contribution in [3.05, 3.63) is 101 Å². The van der Waals surface area contributed by atoms with Gasteiger partial charge in [0.05, 0.1) is 11.3 Å². The van der Waals surface area contributed by atoms with Crippen LogP contribution in [0.25, 0.3) is 10.9 Å². The molecule has 2 aliphatic rings. The molecule has 0 bridgehead atoms. The number of urea groups is 1.